The summed E-state index contributed by atoms with van der Waals surface area (Å²) >= 11 is 0. The average Bonchev–Trinajstić information content (AvgIpc) is 3.16. The number of hydrogen-bond acceptors (Lipinski definition) is 3. The second-order valence-electron chi connectivity index (χ2n) is 6.74. The Kier molecular flexibility index (Phi) is 4.68. The molecule has 25 heavy (non-hydrogen) atoms. The predicted octanol–water partition coefficient (Wildman–Crippen LogP) is 3.04. The predicted molar refractivity (Wildman–Crippen MR) is 97.3 cm³/mol. The van der Waals surface area contributed by atoms with Crippen molar-refractivity contribution >= 4 is 16.8 Å². The summed E-state index contributed by atoms with van der Waals surface area (Å²) in [6.07, 6.45) is 3.11. The molecule has 5 heteroatoms. The standard InChI is InChI=1S/C20H24N2O3/c1-14-8-10-18(25-14)20(2,24)13-21-19(23)11-9-15-12-22(3)17-7-5-4-6-16(15)17/h4-8,10,12,24H,9,11,13H2,1-3H3,(H,21,23). The van der Waals surface area contributed by atoms with Crippen molar-refractivity contribution in [2.75, 3.05) is 6.54 Å². The lowest BCUT2D eigenvalue weighted by Crippen LogP contribution is -2.38. The number of aryl methyl sites for hydroxylation is 3. The lowest BCUT2D eigenvalue weighted by Gasteiger charge is -2.21. The van der Waals surface area contributed by atoms with Crippen LogP contribution in [0.15, 0.2) is 47.0 Å². The summed E-state index contributed by atoms with van der Waals surface area (Å²) in [5, 5.41) is 14.4. The van der Waals surface area contributed by atoms with Gasteiger partial charge in [-0.05, 0) is 44.0 Å². The summed E-state index contributed by atoms with van der Waals surface area (Å²) in [6.45, 7) is 3.58. The van der Waals surface area contributed by atoms with Crippen molar-refractivity contribution in [3.8, 4) is 0 Å². The quantitative estimate of drug-likeness (QED) is 0.725. The first-order valence-electron chi connectivity index (χ1n) is 8.46. The van der Waals surface area contributed by atoms with Gasteiger partial charge in [0.15, 0.2) is 0 Å². The minimum absolute atomic E-state index is 0.0866. The molecule has 1 atom stereocenters. The molecule has 2 heterocycles. The van der Waals surface area contributed by atoms with Gasteiger partial charge in [-0.25, -0.2) is 0 Å². The molecule has 0 saturated heterocycles. The van der Waals surface area contributed by atoms with Gasteiger partial charge in [-0.3, -0.25) is 4.79 Å². The zero-order chi connectivity index (χ0) is 18.0. The van der Waals surface area contributed by atoms with Crippen LogP contribution >= 0.6 is 0 Å². The fourth-order valence-corrected chi connectivity index (χ4v) is 3.04. The Morgan fingerprint density at radius 3 is 2.76 bits per heavy atom. The first-order chi connectivity index (χ1) is 11.9. The molecule has 5 nitrogen and oxygen atoms in total. The van der Waals surface area contributed by atoms with Gasteiger partial charge in [0, 0.05) is 30.6 Å². The second kappa shape index (κ2) is 6.76. The van der Waals surface area contributed by atoms with Crippen LogP contribution in [0.2, 0.25) is 0 Å². The van der Waals surface area contributed by atoms with Crippen LogP contribution in [0.5, 0.6) is 0 Å². The molecular formula is C20H24N2O3. The van der Waals surface area contributed by atoms with Crippen molar-refractivity contribution in [2.45, 2.75) is 32.3 Å². The minimum atomic E-state index is -1.22. The normalized spacial score (nSPS) is 13.8. The molecule has 1 unspecified atom stereocenters. The van der Waals surface area contributed by atoms with E-state index >= 15 is 0 Å². The molecule has 0 spiro atoms. The Labute approximate surface area is 147 Å². The molecule has 0 radical (unpaired) electrons. The number of amides is 1. The maximum absolute atomic E-state index is 12.2. The van der Waals surface area contributed by atoms with Crippen molar-refractivity contribution in [2.24, 2.45) is 7.05 Å². The van der Waals surface area contributed by atoms with E-state index in [-0.39, 0.29) is 12.5 Å². The number of aromatic nitrogens is 1. The number of para-hydroxylation sites is 1. The van der Waals surface area contributed by atoms with Crippen LogP contribution in [0, 0.1) is 6.92 Å². The van der Waals surface area contributed by atoms with E-state index in [1.807, 2.05) is 26.1 Å². The fourth-order valence-electron chi connectivity index (χ4n) is 3.04. The van der Waals surface area contributed by atoms with Crippen LogP contribution < -0.4 is 5.32 Å². The van der Waals surface area contributed by atoms with Gasteiger partial charge in [0.05, 0.1) is 6.54 Å². The van der Waals surface area contributed by atoms with Crippen molar-refractivity contribution in [3.05, 3.63) is 59.7 Å². The number of hydrogen-bond donors (Lipinski definition) is 2. The molecule has 0 bridgehead atoms. The second-order valence-corrected chi connectivity index (χ2v) is 6.74. The number of nitrogens with zero attached hydrogens (tertiary/aromatic N) is 1. The van der Waals surface area contributed by atoms with E-state index in [2.05, 4.69) is 28.2 Å². The van der Waals surface area contributed by atoms with Gasteiger partial charge in [0.25, 0.3) is 0 Å². The molecular weight excluding hydrogens is 316 g/mol. The molecule has 0 aliphatic heterocycles. The lowest BCUT2D eigenvalue weighted by atomic mass is 10.0. The summed E-state index contributed by atoms with van der Waals surface area (Å²) in [4.78, 5) is 12.2. The first kappa shape index (κ1) is 17.3. The Morgan fingerprint density at radius 1 is 1.28 bits per heavy atom. The highest BCUT2D eigenvalue weighted by atomic mass is 16.4. The third-order valence-corrected chi connectivity index (χ3v) is 4.50. The molecule has 132 valence electrons. The maximum atomic E-state index is 12.2. The molecule has 0 saturated carbocycles. The topological polar surface area (TPSA) is 67.4 Å². The van der Waals surface area contributed by atoms with Crippen molar-refractivity contribution in [1.82, 2.24) is 9.88 Å². The number of fused-ring (bicyclic) bond motifs is 1. The zero-order valence-corrected chi connectivity index (χ0v) is 14.9. The summed E-state index contributed by atoms with van der Waals surface area (Å²) in [6, 6.07) is 11.7. The summed E-state index contributed by atoms with van der Waals surface area (Å²) in [5.41, 5.74) is 1.10. The number of nitrogens with one attached hydrogen (secondary N) is 1. The molecule has 0 fully saturated rings. The average molecular weight is 340 g/mol. The molecule has 3 rings (SSSR count). The molecule has 3 aromatic rings. The lowest BCUT2D eigenvalue weighted by molar-refractivity contribution is -0.122. The molecule has 2 aromatic heterocycles. The highest BCUT2D eigenvalue weighted by Gasteiger charge is 2.27. The third-order valence-electron chi connectivity index (χ3n) is 4.50. The molecule has 0 aliphatic rings. The van der Waals surface area contributed by atoms with E-state index in [4.69, 9.17) is 4.42 Å². The van der Waals surface area contributed by atoms with E-state index in [0.717, 1.165) is 16.8 Å². The summed E-state index contributed by atoms with van der Waals surface area (Å²) in [7, 11) is 2.01. The maximum Gasteiger partial charge on any atom is 0.220 e. The van der Waals surface area contributed by atoms with Gasteiger partial charge in [-0.1, -0.05) is 18.2 Å². The van der Waals surface area contributed by atoms with Crippen LogP contribution in [0.4, 0.5) is 0 Å². The highest BCUT2D eigenvalue weighted by molar-refractivity contribution is 5.84. The van der Waals surface area contributed by atoms with Crippen molar-refractivity contribution in [1.29, 1.82) is 0 Å². The van der Waals surface area contributed by atoms with E-state index < -0.39 is 5.60 Å². The van der Waals surface area contributed by atoms with Crippen LogP contribution in [0.25, 0.3) is 10.9 Å². The third kappa shape index (κ3) is 3.77. The molecule has 1 aromatic carbocycles. The number of furan rings is 1. The highest BCUT2D eigenvalue weighted by Crippen LogP contribution is 2.23. The summed E-state index contributed by atoms with van der Waals surface area (Å²) < 4.78 is 7.53. The molecule has 2 N–H and O–H groups in total. The van der Waals surface area contributed by atoms with Gasteiger partial charge in [-0.2, -0.15) is 0 Å². The van der Waals surface area contributed by atoms with Crippen LogP contribution in [0.3, 0.4) is 0 Å². The van der Waals surface area contributed by atoms with Gasteiger partial charge < -0.3 is 19.4 Å². The monoisotopic (exact) mass is 340 g/mol. The SMILES string of the molecule is Cc1ccc(C(C)(O)CNC(=O)CCc2cn(C)c3ccccc23)o1. The van der Waals surface area contributed by atoms with Gasteiger partial charge in [0.1, 0.15) is 17.1 Å². The zero-order valence-electron chi connectivity index (χ0n) is 14.9. The minimum Gasteiger partial charge on any atom is -0.463 e. The van der Waals surface area contributed by atoms with E-state index in [1.54, 1.807) is 19.1 Å². The Hall–Kier alpha value is -2.53. The molecule has 0 aliphatic carbocycles. The van der Waals surface area contributed by atoms with Crippen LogP contribution in [0.1, 0.15) is 30.4 Å². The van der Waals surface area contributed by atoms with Crippen LogP contribution in [-0.2, 0) is 23.9 Å². The van der Waals surface area contributed by atoms with Crippen molar-refractivity contribution in [3.63, 3.8) is 0 Å². The Bertz CT molecular complexity index is 889. The number of carbonyl (C=O) groups is 1. The number of aliphatic hydroxyl groups is 1. The van der Waals surface area contributed by atoms with Gasteiger partial charge in [-0.15, -0.1) is 0 Å². The van der Waals surface area contributed by atoms with Gasteiger partial charge in [0.2, 0.25) is 5.91 Å². The van der Waals surface area contributed by atoms with E-state index in [1.165, 1.54) is 5.39 Å². The van der Waals surface area contributed by atoms with Gasteiger partial charge >= 0.3 is 0 Å². The number of benzene rings is 1. The fraction of sp³-hybridized carbons (Fsp3) is 0.350. The Morgan fingerprint density at radius 2 is 2.04 bits per heavy atom. The van der Waals surface area contributed by atoms with E-state index in [9.17, 15) is 9.90 Å². The van der Waals surface area contributed by atoms with Crippen LogP contribution in [-0.4, -0.2) is 22.1 Å². The largest absolute Gasteiger partial charge is 0.463 e. The first-order valence-corrected chi connectivity index (χ1v) is 8.46. The number of rotatable bonds is 6. The number of carbonyl (C=O) groups excluding carboxylic acids is 1. The van der Waals surface area contributed by atoms with Crippen molar-refractivity contribution < 1.29 is 14.3 Å². The summed E-state index contributed by atoms with van der Waals surface area (Å²) in [5.74, 6) is 1.10. The molecule has 1 amide bonds. The smallest absolute Gasteiger partial charge is 0.220 e. The van der Waals surface area contributed by atoms with E-state index in [0.29, 0.717) is 18.6 Å². The Balaban J connectivity index is 1.58.